The van der Waals surface area contributed by atoms with Crippen molar-refractivity contribution >= 4 is 45.5 Å². The molecule has 36 heavy (non-hydrogen) atoms. The van der Waals surface area contributed by atoms with Gasteiger partial charge < -0.3 is 52.3 Å². The number of nitrogens with one attached hydrogen (secondary N) is 2. The molecule has 3 aromatic rings. The van der Waals surface area contributed by atoms with Crippen LogP contribution in [0.2, 0.25) is 0 Å². The van der Waals surface area contributed by atoms with E-state index in [1.54, 1.807) is 6.07 Å². The number of benzene rings is 3. The van der Waals surface area contributed by atoms with E-state index in [0.29, 0.717) is 48.9 Å². The maximum absolute atomic E-state index is 9.25. The van der Waals surface area contributed by atoms with Gasteiger partial charge in [-0.2, -0.15) is 0 Å². The minimum Gasteiger partial charge on any atom is -0.397 e. The van der Waals surface area contributed by atoms with E-state index in [4.69, 9.17) is 11.5 Å². The summed E-state index contributed by atoms with van der Waals surface area (Å²) in [6.07, 6.45) is 0. The van der Waals surface area contributed by atoms with E-state index in [2.05, 4.69) is 10.6 Å². The molecular weight excluding hydrogens is 460 g/mol. The van der Waals surface area contributed by atoms with E-state index >= 15 is 0 Å². The third kappa shape index (κ3) is 7.15. The summed E-state index contributed by atoms with van der Waals surface area (Å²) in [4.78, 5) is 3.81. The Bertz CT molecular complexity index is 984. The van der Waals surface area contributed by atoms with Crippen molar-refractivity contribution < 1.29 is 20.4 Å². The summed E-state index contributed by atoms with van der Waals surface area (Å²) in [6.45, 7) is 1.77. The molecule has 194 valence electrons. The van der Waals surface area contributed by atoms with Crippen LogP contribution >= 0.6 is 0 Å². The molecule has 10 nitrogen and oxygen atoms in total. The first kappa shape index (κ1) is 26.9. The van der Waals surface area contributed by atoms with Gasteiger partial charge in [0.25, 0.3) is 0 Å². The lowest BCUT2D eigenvalue weighted by Crippen LogP contribution is -2.29. The molecule has 0 heterocycles. The Morgan fingerprint density at radius 2 is 0.861 bits per heavy atom. The van der Waals surface area contributed by atoms with Gasteiger partial charge in [0.15, 0.2) is 0 Å². The molecule has 0 saturated heterocycles. The summed E-state index contributed by atoms with van der Waals surface area (Å²) in [5.74, 6) is 0. The van der Waals surface area contributed by atoms with Crippen LogP contribution in [-0.4, -0.2) is 73.0 Å². The quantitative estimate of drug-likeness (QED) is 0.155. The third-order valence-corrected chi connectivity index (χ3v) is 5.72. The lowest BCUT2D eigenvalue weighted by Gasteiger charge is -2.23. The van der Waals surface area contributed by atoms with Gasteiger partial charge in [-0.15, -0.1) is 0 Å². The molecule has 0 aliphatic carbocycles. The zero-order chi connectivity index (χ0) is 25.9. The van der Waals surface area contributed by atoms with Crippen LogP contribution in [-0.2, 0) is 0 Å². The number of aliphatic hydroxyl groups excluding tert-OH is 4. The van der Waals surface area contributed by atoms with E-state index in [1.807, 2.05) is 64.4 Å². The summed E-state index contributed by atoms with van der Waals surface area (Å²) in [6, 6.07) is 18.8. The monoisotopic (exact) mass is 496 g/mol. The average Bonchev–Trinajstić information content (AvgIpc) is 2.87. The molecule has 3 rings (SSSR count). The van der Waals surface area contributed by atoms with Gasteiger partial charge in [-0.3, -0.25) is 0 Å². The molecule has 0 amide bonds. The van der Waals surface area contributed by atoms with E-state index in [0.717, 1.165) is 22.7 Å². The Labute approximate surface area is 211 Å². The van der Waals surface area contributed by atoms with Crippen LogP contribution in [0.25, 0.3) is 0 Å². The molecule has 0 fully saturated rings. The highest BCUT2D eigenvalue weighted by molar-refractivity contribution is 5.86. The highest BCUT2D eigenvalue weighted by Gasteiger charge is 2.10. The van der Waals surface area contributed by atoms with Gasteiger partial charge in [-0.1, -0.05) is 0 Å². The van der Waals surface area contributed by atoms with Crippen molar-refractivity contribution in [3.8, 4) is 0 Å². The van der Waals surface area contributed by atoms with Gasteiger partial charge in [0.05, 0.1) is 49.2 Å². The fourth-order valence-electron chi connectivity index (χ4n) is 3.90. The smallest absolute Gasteiger partial charge is 0.0640 e. The van der Waals surface area contributed by atoms with Gasteiger partial charge in [0, 0.05) is 48.9 Å². The van der Waals surface area contributed by atoms with Crippen LogP contribution in [0.3, 0.4) is 0 Å². The van der Waals surface area contributed by atoms with Crippen LogP contribution in [0.15, 0.2) is 60.7 Å². The Kier molecular flexibility index (Phi) is 10.0. The molecule has 0 spiro atoms. The standard InChI is InChI=1S/C26H36N6O4/c27-23-17-24(28)26(30-20-3-7-22(8-4-20)32(11-15-35)12-16-36)18-25(23)29-19-1-5-21(6-2-19)31(9-13-33)10-14-34/h1-8,17-18,29-30,33-36H,9-16,27-28H2. The number of nitrogens with zero attached hydrogens (tertiary/aromatic N) is 2. The number of hydrogen-bond acceptors (Lipinski definition) is 10. The lowest BCUT2D eigenvalue weighted by atomic mass is 10.1. The maximum atomic E-state index is 9.25. The minimum absolute atomic E-state index is 0.00402. The Morgan fingerprint density at radius 3 is 1.17 bits per heavy atom. The van der Waals surface area contributed by atoms with Crippen LogP contribution in [0.1, 0.15) is 0 Å². The number of nitrogen functional groups attached to an aromatic ring is 2. The Balaban J connectivity index is 1.74. The highest BCUT2D eigenvalue weighted by atomic mass is 16.3. The average molecular weight is 497 g/mol. The fraction of sp³-hybridized carbons (Fsp3) is 0.308. The van der Waals surface area contributed by atoms with Crippen molar-refractivity contribution in [2.75, 3.05) is 84.5 Å². The second kappa shape index (κ2) is 13.4. The first-order chi connectivity index (χ1) is 17.5. The second-order valence-corrected chi connectivity index (χ2v) is 8.24. The SMILES string of the molecule is Nc1cc(N)c(Nc2ccc(N(CCO)CCO)cc2)cc1Nc1ccc(N(CCO)CCO)cc1. The van der Waals surface area contributed by atoms with Gasteiger partial charge in [0.1, 0.15) is 0 Å². The topological polar surface area (TPSA) is 163 Å². The largest absolute Gasteiger partial charge is 0.397 e. The van der Waals surface area contributed by atoms with Crippen molar-refractivity contribution in [1.82, 2.24) is 0 Å². The van der Waals surface area contributed by atoms with Crippen molar-refractivity contribution in [1.29, 1.82) is 0 Å². The molecule has 10 heteroatoms. The number of anilines is 8. The second-order valence-electron chi connectivity index (χ2n) is 8.24. The summed E-state index contributed by atoms with van der Waals surface area (Å²) >= 11 is 0. The molecular formula is C26H36N6O4. The highest BCUT2D eigenvalue weighted by Crippen LogP contribution is 2.34. The number of rotatable bonds is 14. The fourth-order valence-corrected chi connectivity index (χ4v) is 3.90. The Hall–Kier alpha value is -3.70. The van der Waals surface area contributed by atoms with Crippen LogP contribution < -0.4 is 31.9 Å². The van der Waals surface area contributed by atoms with Crippen LogP contribution in [0, 0.1) is 0 Å². The van der Waals surface area contributed by atoms with Gasteiger partial charge in [0.2, 0.25) is 0 Å². The maximum Gasteiger partial charge on any atom is 0.0640 e. The Morgan fingerprint density at radius 1 is 0.528 bits per heavy atom. The molecule has 0 bridgehead atoms. The first-order valence-electron chi connectivity index (χ1n) is 11.9. The van der Waals surface area contributed by atoms with Crippen LogP contribution in [0.5, 0.6) is 0 Å². The molecule has 0 aromatic heterocycles. The van der Waals surface area contributed by atoms with E-state index < -0.39 is 0 Å². The summed E-state index contributed by atoms with van der Waals surface area (Å²) < 4.78 is 0. The third-order valence-electron chi connectivity index (χ3n) is 5.72. The van der Waals surface area contributed by atoms with Crippen LogP contribution in [0.4, 0.5) is 45.5 Å². The molecule has 0 radical (unpaired) electrons. The van der Waals surface area contributed by atoms with Crippen molar-refractivity contribution in [3.05, 3.63) is 60.7 Å². The first-order valence-corrected chi connectivity index (χ1v) is 11.9. The van der Waals surface area contributed by atoms with Crippen molar-refractivity contribution in [3.63, 3.8) is 0 Å². The van der Waals surface area contributed by atoms with Gasteiger partial charge >= 0.3 is 0 Å². The molecule has 0 unspecified atom stereocenters. The predicted molar refractivity (Wildman–Crippen MR) is 147 cm³/mol. The summed E-state index contributed by atoms with van der Waals surface area (Å²) in [7, 11) is 0. The predicted octanol–water partition coefficient (Wildman–Crippen LogP) is 1.92. The van der Waals surface area contributed by atoms with Crippen molar-refractivity contribution in [2.45, 2.75) is 0 Å². The van der Waals surface area contributed by atoms with E-state index in [9.17, 15) is 20.4 Å². The zero-order valence-electron chi connectivity index (χ0n) is 20.3. The summed E-state index contributed by atoms with van der Waals surface area (Å²) in [5.41, 5.74) is 18.3. The zero-order valence-corrected chi connectivity index (χ0v) is 20.3. The molecule has 0 atom stereocenters. The molecule has 10 N–H and O–H groups in total. The molecule has 0 saturated carbocycles. The lowest BCUT2D eigenvalue weighted by molar-refractivity contribution is 0.280. The number of nitrogens with two attached hydrogens (primary N) is 2. The van der Waals surface area contributed by atoms with Gasteiger partial charge in [-0.25, -0.2) is 0 Å². The number of hydrogen-bond donors (Lipinski definition) is 8. The van der Waals surface area contributed by atoms with Gasteiger partial charge in [-0.05, 0) is 60.7 Å². The van der Waals surface area contributed by atoms with E-state index in [-0.39, 0.29) is 26.4 Å². The normalized spacial score (nSPS) is 10.8. The van der Waals surface area contributed by atoms with Crippen molar-refractivity contribution in [2.24, 2.45) is 0 Å². The minimum atomic E-state index is 0.00402. The molecule has 0 aliphatic rings. The summed E-state index contributed by atoms with van der Waals surface area (Å²) in [5, 5.41) is 43.6. The molecule has 0 aliphatic heterocycles. The van der Waals surface area contributed by atoms with E-state index in [1.165, 1.54) is 0 Å². The number of aliphatic hydroxyl groups is 4. The molecule has 3 aromatic carbocycles.